The van der Waals surface area contributed by atoms with Gasteiger partial charge in [-0.2, -0.15) is 0 Å². The van der Waals surface area contributed by atoms with E-state index < -0.39 is 5.60 Å². The average Bonchev–Trinajstić information content (AvgIpc) is 3.14. The third-order valence-corrected chi connectivity index (χ3v) is 10.1. The number of allylic oxidation sites excluding steroid dienone is 8. The van der Waals surface area contributed by atoms with Crippen molar-refractivity contribution in [2.75, 3.05) is 27.2 Å². The van der Waals surface area contributed by atoms with Crippen molar-refractivity contribution in [3.63, 3.8) is 0 Å². The Morgan fingerprint density at radius 3 is 1.32 bits per heavy atom. The molecule has 0 fully saturated rings. The Morgan fingerprint density at radius 2 is 0.906 bits per heavy atom. The van der Waals surface area contributed by atoms with Crippen LogP contribution in [0.15, 0.2) is 48.6 Å². The summed E-state index contributed by atoms with van der Waals surface area (Å²) < 4.78 is 6.27. The van der Waals surface area contributed by atoms with E-state index in [1.165, 1.54) is 103 Å². The van der Waals surface area contributed by atoms with Gasteiger partial charge in [-0.25, -0.2) is 0 Å². The Labute approximate surface area is 330 Å². The molecule has 0 spiro atoms. The number of nitrogens with one attached hydrogen (secondary N) is 1. The number of hydrogen-bond donors (Lipinski definition) is 1. The topological polar surface area (TPSA) is 58.6 Å². The van der Waals surface area contributed by atoms with Crippen molar-refractivity contribution < 1.29 is 14.3 Å². The van der Waals surface area contributed by atoms with Crippen LogP contribution in [0.3, 0.4) is 0 Å². The Kier molecular flexibility index (Phi) is 38.0. The molecule has 5 heteroatoms. The molecule has 0 aromatic rings. The first-order valence-corrected chi connectivity index (χ1v) is 22.7. The molecule has 0 radical (unpaired) electrons. The minimum atomic E-state index is -1.05. The standard InChI is InChI=1S/C48H88N2O3/c1-6-9-12-14-16-18-20-22-24-26-28-30-32-34-36-38-42-48(47(52)49-44-11-8-3,53-46(51)41-40-45-50(4)5)43-39-37-35-33-31-29-27-25-23-21-19-17-15-13-10-7-2/h16-19,22-25H,6-15,20-21,26-45H2,1-5H3,(H,49,52)/b18-16-,19-17-,24-22-,25-23-. The molecule has 0 aliphatic heterocycles. The van der Waals surface area contributed by atoms with E-state index in [1.807, 2.05) is 14.1 Å². The summed E-state index contributed by atoms with van der Waals surface area (Å²) >= 11 is 0. The van der Waals surface area contributed by atoms with Gasteiger partial charge in [-0.1, -0.05) is 153 Å². The highest BCUT2D eigenvalue weighted by molar-refractivity contribution is 5.87. The number of nitrogens with zero attached hydrogens (tertiary/aromatic N) is 1. The van der Waals surface area contributed by atoms with Crippen LogP contribution in [-0.2, 0) is 14.3 Å². The van der Waals surface area contributed by atoms with Gasteiger partial charge in [0.2, 0.25) is 0 Å². The lowest BCUT2D eigenvalue weighted by Crippen LogP contribution is -2.50. The van der Waals surface area contributed by atoms with E-state index in [1.54, 1.807) is 0 Å². The van der Waals surface area contributed by atoms with Crippen LogP contribution in [0.5, 0.6) is 0 Å². The summed E-state index contributed by atoms with van der Waals surface area (Å²) in [5.74, 6) is -0.297. The summed E-state index contributed by atoms with van der Waals surface area (Å²) in [6, 6.07) is 0. The lowest BCUT2D eigenvalue weighted by atomic mass is 9.88. The van der Waals surface area contributed by atoms with E-state index in [0.717, 1.165) is 77.2 Å². The second-order valence-electron chi connectivity index (χ2n) is 15.7. The molecule has 0 bridgehead atoms. The fraction of sp³-hybridized carbons (Fsp3) is 0.792. The van der Waals surface area contributed by atoms with Crippen LogP contribution in [0.1, 0.15) is 213 Å². The zero-order valence-electron chi connectivity index (χ0n) is 35.9. The van der Waals surface area contributed by atoms with Gasteiger partial charge in [0.05, 0.1) is 0 Å². The summed E-state index contributed by atoms with van der Waals surface area (Å²) in [5.41, 5.74) is -1.05. The zero-order chi connectivity index (χ0) is 38.9. The van der Waals surface area contributed by atoms with Crippen LogP contribution in [0.25, 0.3) is 0 Å². The number of ether oxygens (including phenoxy) is 1. The molecule has 0 aliphatic carbocycles. The van der Waals surface area contributed by atoms with Gasteiger partial charge in [-0.05, 0) is 123 Å². The minimum Gasteiger partial charge on any atom is -0.449 e. The van der Waals surface area contributed by atoms with Gasteiger partial charge < -0.3 is 15.0 Å². The van der Waals surface area contributed by atoms with Crippen LogP contribution in [-0.4, -0.2) is 49.6 Å². The first kappa shape index (κ1) is 50.9. The van der Waals surface area contributed by atoms with Crippen LogP contribution in [0.2, 0.25) is 0 Å². The van der Waals surface area contributed by atoms with Crippen molar-refractivity contribution >= 4 is 11.9 Å². The first-order chi connectivity index (χ1) is 25.9. The monoisotopic (exact) mass is 741 g/mol. The summed E-state index contributed by atoms with van der Waals surface area (Å²) in [6.45, 7) is 8.12. The van der Waals surface area contributed by atoms with Gasteiger partial charge >= 0.3 is 5.97 Å². The summed E-state index contributed by atoms with van der Waals surface area (Å²) in [7, 11) is 4.04. The number of carbonyl (C=O) groups is 2. The maximum absolute atomic E-state index is 13.8. The molecule has 0 aromatic heterocycles. The maximum atomic E-state index is 13.8. The molecule has 308 valence electrons. The second-order valence-corrected chi connectivity index (χ2v) is 15.7. The van der Waals surface area contributed by atoms with Gasteiger partial charge in [0.15, 0.2) is 5.60 Å². The fourth-order valence-corrected chi connectivity index (χ4v) is 6.65. The van der Waals surface area contributed by atoms with Crippen molar-refractivity contribution in [2.24, 2.45) is 0 Å². The Hall–Kier alpha value is -2.14. The Morgan fingerprint density at radius 1 is 0.509 bits per heavy atom. The summed E-state index contributed by atoms with van der Waals surface area (Å²) in [5, 5.41) is 3.17. The fourth-order valence-electron chi connectivity index (χ4n) is 6.65. The third kappa shape index (κ3) is 34.1. The molecule has 0 heterocycles. The van der Waals surface area contributed by atoms with E-state index in [0.29, 0.717) is 25.8 Å². The van der Waals surface area contributed by atoms with Gasteiger partial charge in [0, 0.05) is 13.0 Å². The van der Waals surface area contributed by atoms with Crippen LogP contribution >= 0.6 is 0 Å². The van der Waals surface area contributed by atoms with E-state index in [2.05, 4.69) is 79.6 Å². The number of amides is 1. The molecule has 0 atom stereocenters. The summed E-state index contributed by atoms with van der Waals surface area (Å²) in [4.78, 5) is 29.1. The smallest absolute Gasteiger partial charge is 0.306 e. The van der Waals surface area contributed by atoms with Crippen molar-refractivity contribution in [1.82, 2.24) is 10.2 Å². The van der Waals surface area contributed by atoms with E-state index in [4.69, 9.17) is 4.74 Å². The third-order valence-electron chi connectivity index (χ3n) is 10.1. The van der Waals surface area contributed by atoms with Crippen molar-refractivity contribution in [2.45, 2.75) is 219 Å². The van der Waals surface area contributed by atoms with Crippen molar-refractivity contribution in [1.29, 1.82) is 0 Å². The molecule has 0 aliphatic rings. The molecule has 0 saturated carbocycles. The number of rotatable bonds is 39. The lowest BCUT2D eigenvalue weighted by Gasteiger charge is -2.33. The largest absolute Gasteiger partial charge is 0.449 e. The predicted molar refractivity (Wildman–Crippen MR) is 232 cm³/mol. The molecular formula is C48H88N2O3. The molecule has 53 heavy (non-hydrogen) atoms. The number of hydrogen-bond acceptors (Lipinski definition) is 4. The number of unbranched alkanes of at least 4 members (excludes halogenated alkanes) is 19. The molecule has 0 saturated heterocycles. The van der Waals surface area contributed by atoms with Crippen LogP contribution in [0, 0.1) is 0 Å². The molecule has 0 rings (SSSR count). The molecule has 0 unspecified atom stereocenters. The highest BCUT2D eigenvalue weighted by Crippen LogP contribution is 2.29. The second kappa shape index (κ2) is 39.6. The Bertz CT molecular complexity index is 887. The van der Waals surface area contributed by atoms with Crippen molar-refractivity contribution in [3.8, 4) is 0 Å². The van der Waals surface area contributed by atoms with E-state index >= 15 is 0 Å². The average molecular weight is 741 g/mol. The van der Waals surface area contributed by atoms with Crippen LogP contribution in [0.4, 0.5) is 0 Å². The Balaban J connectivity index is 4.85. The molecule has 1 amide bonds. The normalized spacial score (nSPS) is 12.4. The molecule has 0 aromatic carbocycles. The molecular weight excluding hydrogens is 653 g/mol. The minimum absolute atomic E-state index is 0.0721. The highest BCUT2D eigenvalue weighted by Gasteiger charge is 2.41. The molecule has 5 nitrogen and oxygen atoms in total. The van der Waals surface area contributed by atoms with E-state index in [-0.39, 0.29) is 11.9 Å². The van der Waals surface area contributed by atoms with E-state index in [9.17, 15) is 9.59 Å². The van der Waals surface area contributed by atoms with Crippen molar-refractivity contribution in [3.05, 3.63) is 48.6 Å². The number of carbonyl (C=O) groups excluding carboxylic acids is 2. The highest BCUT2D eigenvalue weighted by atomic mass is 16.6. The summed E-state index contributed by atoms with van der Waals surface area (Å²) in [6.07, 6.45) is 51.2. The van der Waals surface area contributed by atoms with Gasteiger partial charge in [-0.15, -0.1) is 0 Å². The van der Waals surface area contributed by atoms with Crippen LogP contribution < -0.4 is 5.32 Å². The quantitative estimate of drug-likeness (QED) is 0.0387. The van der Waals surface area contributed by atoms with Gasteiger partial charge in [0.1, 0.15) is 0 Å². The SMILES string of the molecule is CCCCC/C=C\C/C=C\CCCCCCCCC(CCCCCCCC/C=C\C/C=C\CCCCC)(OC(=O)CCCN(C)C)C(=O)NCCCC. The molecule has 1 N–H and O–H groups in total. The number of esters is 1. The maximum Gasteiger partial charge on any atom is 0.306 e. The van der Waals surface area contributed by atoms with Gasteiger partial charge in [-0.3, -0.25) is 9.59 Å². The lowest BCUT2D eigenvalue weighted by molar-refractivity contribution is -0.171. The first-order valence-electron chi connectivity index (χ1n) is 22.7. The predicted octanol–water partition coefficient (Wildman–Crippen LogP) is 13.9. The van der Waals surface area contributed by atoms with Gasteiger partial charge in [0.25, 0.3) is 5.91 Å². The zero-order valence-corrected chi connectivity index (χ0v) is 35.9.